The number of hydrogen-bond donors (Lipinski definition) is 0. The minimum Gasteiger partial charge on any atom is -0.234 e. The molecule has 0 aromatic rings. The smallest absolute Gasteiger partial charge is 0.203 e. The Bertz CT molecular complexity index is 108. The zero-order chi connectivity index (χ0) is 5.11. The molecule has 0 aromatic heterocycles. The van der Waals surface area contributed by atoms with Gasteiger partial charge < -0.3 is 0 Å². The van der Waals surface area contributed by atoms with Gasteiger partial charge in [-0.25, -0.2) is 4.99 Å². The lowest BCUT2D eigenvalue weighted by molar-refractivity contribution is 0.145. The zero-order valence-electron chi connectivity index (χ0n) is 3.63. The molecule has 1 radical (unpaired) electrons. The molecule has 37 valence electrons. The third-order valence-corrected chi connectivity index (χ3v) is 0.612. The fourth-order valence-corrected chi connectivity index (χ4v) is 0.329. The summed E-state index contributed by atoms with van der Waals surface area (Å²) in [7, 11) is 0. The Morgan fingerprint density at radius 1 is 1.86 bits per heavy atom. The van der Waals surface area contributed by atoms with E-state index in [0.717, 1.165) is 0 Å². The number of nitrogens with zero attached hydrogens (tertiary/aromatic N) is 2. The maximum absolute atomic E-state index is 11.8. The van der Waals surface area contributed by atoms with Crippen molar-refractivity contribution in [3.63, 3.8) is 0 Å². The number of halogens is 1. The monoisotopic (exact) mass is 99.0 g/mol. The molecule has 0 bridgehead atoms. The molecule has 0 aliphatic carbocycles. The SMILES string of the molecule is FN1[C]=NC=CC1. The van der Waals surface area contributed by atoms with Gasteiger partial charge in [0.2, 0.25) is 6.34 Å². The molecule has 1 heterocycles. The second kappa shape index (κ2) is 1.73. The van der Waals surface area contributed by atoms with Gasteiger partial charge in [0.15, 0.2) is 0 Å². The standard InChI is InChI=1S/C4H4FN2/c5-7-3-1-2-6-4-7/h1-2H,3H2. The van der Waals surface area contributed by atoms with Crippen molar-refractivity contribution >= 4 is 6.34 Å². The van der Waals surface area contributed by atoms with Gasteiger partial charge in [-0.15, -0.1) is 0 Å². The molecule has 1 rings (SSSR count). The lowest BCUT2D eigenvalue weighted by Gasteiger charge is -2.02. The first-order valence-corrected chi connectivity index (χ1v) is 1.93. The van der Waals surface area contributed by atoms with Crippen LogP contribution < -0.4 is 0 Å². The molecule has 3 heteroatoms. The summed E-state index contributed by atoms with van der Waals surface area (Å²) < 4.78 is 11.8. The van der Waals surface area contributed by atoms with Gasteiger partial charge in [0.1, 0.15) is 0 Å². The van der Waals surface area contributed by atoms with Crippen molar-refractivity contribution in [2.24, 2.45) is 4.99 Å². The Balaban J connectivity index is 2.49. The third-order valence-electron chi connectivity index (χ3n) is 0.612. The summed E-state index contributed by atoms with van der Waals surface area (Å²) in [6, 6.07) is 0. The summed E-state index contributed by atoms with van der Waals surface area (Å²) in [5.74, 6) is 0. The molecule has 0 unspecified atom stereocenters. The molecule has 0 saturated carbocycles. The highest BCUT2D eigenvalue weighted by atomic mass is 19.2. The van der Waals surface area contributed by atoms with E-state index < -0.39 is 0 Å². The molecule has 7 heavy (non-hydrogen) atoms. The van der Waals surface area contributed by atoms with E-state index in [1.807, 2.05) is 0 Å². The van der Waals surface area contributed by atoms with Crippen LogP contribution in [0.4, 0.5) is 4.48 Å². The van der Waals surface area contributed by atoms with Crippen molar-refractivity contribution in [3.8, 4) is 0 Å². The van der Waals surface area contributed by atoms with Crippen molar-refractivity contribution in [3.05, 3.63) is 12.3 Å². The first-order chi connectivity index (χ1) is 3.39. The molecule has 1 aliphatic rings. The Hall–Kier alpha value is -0.860. The predicted molar refractivity (Wildman–Crippen MR) is 24.4 cm³/mol. The van der Waals surface area contributed by atoms with Crippen LogP contribution in [0.3, 0.4) is 0 Å². The second-order valence-electron chi connectivity index (χ2n) is 1.16. The van der Waals surface area contributed by atoms with Gasteiger partial charge >= 0.3 is 0 Å². The zero-order valence-corrected chi connectivity index (χ0v) is 3.63. The minimum absolute atomic E-state index is 0.267. The number of rotatable bonds is 0. The molecule has 0 saturated heterocycles. The number of aliphatic imine (C=N–C) groups is 1. The van der Waals surface area contributed by atoms with E-state index in [1.165, 1.54) is 6.20 Å². The fraction of sp³-hybridized carbons (Fsp3) is 0.250. The lowest BCUT2D eigenvalue weighted by atomic mass is 10.6. The van der Waals surface area contributed by atoms with Crippen LogP contribution in [0.25, 0.3) is 0 Å². The highest BCUT2D eigenvalue weighted by Gasteiger charge is 1.94. The van der Waals surface area contributed by atoms with Crippen LogP contribution in [0, 0.1) is 0 Å². The normalized spacial score (nSPS) is 18.1. The van der Waals surface area contributed by atoms with Gasteiger partial charge in [0, 0.05) is 6.20 Å². The van der Waals surface area contributed by atoms with E-state index in [-0.39, 0.29) is 6.54 Å². The fourth-order valence-electron chi connectivity index (χ4n) is 0.329. The first kappa shape index (κ1) is 4.30. The Kier molecular flexibility index (Phi) is 1.06. The van der Waals surface area contributed by atoms with Crippen LogP contribution in [0.1, 0.15) is 0 Å². The molecule has 2 nitrogen and oxygen atoms in total. The highest BCUT2D eigenvalue weighted by Crippen LogP contribution is 1.90. The van der Waals surface area contributed by atoms with E-state index in [2.05, 4.69) is 11.3 Å². The quantitative estimate of drug-likeness (QED) is 0.406. The summed E-state index contributed by atoms with van der Waals surface area (Å²) in [4.78, 5) is 3.38. The van der Waals surface area contributed by atoms with E-state index in [9.17, 15) is 4.48 Å². The molecule has 0 spiro atoms. The minimum atomic E-state index is 0.267. The van der Waals surface area contributed by atoms with E-state index in [4.69, 9.17) is 0 Å². The summed E-state index contributed by atoms with van der Waals surface area (Å²) in [6.07, 6.45) is 5.20. The average Bonchev–Trinajstić information content (AvgIpc) is 1.69. The van der Waals surface area contributed by atoms with Crippen LogP contribution in [-0.4, -0.2) is 18.0 Å². The van der Waals surface area contributed by atoms with Crippen LogP contribution in [-0.2, 0) is 0 Å². The van der Waals surface area contributed by atoms with Crippen molar-refractivity contribution in [1.82, 2.24) is 5.12 Å². The molecule has 1 aliphatic heterocycles. The van der Waals surface area contributed by atoms with Gasteiger partial charge in [0.25, 0.3) is 0 Å². The highest BCUT2D eigenvalue weighted by molar-refractivity contribution is 5.55. The maximum atomic E-state index is 11.8. The summed E-state index contributed by atoms with van der Waals surface area (Å²) in [6.45, 7) is 0.267. The van der Waals surface area contributed by atoms with E-state index in [1.54, 1.807) is 6.08 Å². The van der Waals surface area contributed by atoms with Gasteiger partial charge in [-0.1, -0.05) is 4.48 Å². The summed E-state index contributed by atoms with van der Waals surface area (Å²) in [5, 5.41) is 0.389. The largest absolute Gasteiger partial charge is 0.234 e. The molecule has 0 aromatic carbocycles. The van der Waals surface area contributed by atoms with Crippen molar-refractivity contribution in [2.75, 3.05) is 6.54 Å². The molecule has 0 N–H and O–H groups in total. The molecule has 0 atom stereocenters. The van der Waals surface area contributed by atoms with Crippen LogP contribution in [0.15, 0.2) is 17.3 Å². The van der Waals surface area contributed by atoms with Crippen LogP contribution >= 0.6 is 0 Å². The van der Waals surface area contributed by atoms with E-state index in [0.29, 0.717) is 5.12 Å². The third kappa shape index (κ3) is 0.994. The molecule has 0 fully saturated rings. The van der Waals surface area contributed by atoms with Crippen molar-refractivity contribution in [1.29, 1.82) is 0 Å². The average molecular weight is 99.1 g/mol. The maximum Gasteiger partial charge on any atom is 0.203 e. The number of hydrogen-bond acceptors (Lipinski definition) is 2. The van der Waals surface area contributed by atoms with Crippen molar-refractivity contribution in [2.45, 2.75) is 0 Å². The summed E-state index contributed by atoms with van der Waals surface area (Å²) in [5.41, 5.74) is 0. The predicted octanol–water partition coefficient (Wildman–Crippen LogP) is 0.606. The molecular weight excluding hydrogens is 95.1 g/mol. The topological polar surface area (TPSA) is 15.6 Å². The van der Waals surface area contributed by atoms with Crippen molar-refractivity contribution < 1.29 is 4.48 Å². The van der Waals surface area contributed by atoms with E-state index >= 15 is 0 Å². The molecule has 0 amide bonds. The Morgan fingerprint density at radius 3 is 3.00 bits per heavy atom. The van der Waals surface area contributed by atoms with Crippen LogP contribution in [0.2, 0.25) is 0 Å². The van der Waals surface area contributed by atoms with Gasteiger partial charge in [0.05, 0.1) is 6.54 Å². The molecular formula is C4H4FN2. The second-order valence-corrected chi connectivity index (χ2v) is 1.16. The Labute approximate surface area is 40.9 Å². The van der Waals surface area contributed by atoms with Gasteiger partial charge in [-0.2, -0.15) is 5.12 Å². The van der Waals surface area contributed by atoms with Crippen LogP contribution in [0.5, 0.6) is 0 Å². The van der Waals surface area contributed by atoms with Gasteiger partial charge in [-0.05, 0) is 6.08 Å². The van der Waals surface area contributed by atoms with Gasteiger partial charge in [-0.3, -0.25) is 0 Å². The lowest BCUT2D eigenvalue weighted by Crippen LogP contribution is -2.12. The summed E-state index contributed by atoms with van der Waals surface area (Å²) >= 11 is 0. The Morgan fingerprint density at radius 2 is 2.71 bits per heavy atom. The first-order valence-electron chi connectivity index (χ1n) is 1.93.